The maximum absolute atomic E-state index is 11.7. The second kappa shape index (κ2) is 22.0. The number of carboxylic acid groups (broad SMARTS) is 1. The van der Waals surface area contributed by atoms with Gasteiger partial charge in [-0.25, -0.2) is 4.79 Å². The Morgan fingerprint density at radius 2 is 1.14 bits per heavy atom. The first kappa shape index (κ1) is 26.7. The van der Waals surface area contributed by atoms with Crippen molar-refractivity contribution in [3.63, 3.8) is 0 Å². The van der Waals surface area contributed by atoms with Crippen molar-refractivity contribution in [3.8, 4) is 0 Å². The lowest BCUT2D eigenvalue weighted by molar-refractivity contribution is -0.143. The minimum Gasteiger partial charge on any atom is -0.466 e. The van der Waals surface area contributed by atoms with E-state index in [-0.39, 0.29) is 5.97 Å². The van der Waals surface area contributed by atoms with Gasteiger partial charge in [0.05, 0.1) is 6.61 Å². The fourth-order valence-corrected chi connectivity index (χ4v) is 3.32. The van der Waals surface area contributed by atoms with Crippen LogP contribution in [0, 0.1) is 0 Å². The molecule has 0 saturated carbocycles. The van der Waals surface area contributed by atoms with Gasteiger partial charge in [0, 0.05) is 13.0 Å². The highest BCUT2D eigenvalue weighted by Crippen LogP contribution is 2.13. The summed E-state index contributed by atoms with van der Waals surface area (Å²) >= 11 is 0. The quantitative estimate of drug-likeness (QED) is 0.164. The van der Waals surface area contributed by atoms with Crippen LogP contribution in [0.3, 0.4) is 0 Å². The maximum Gasteiger partial charge on any atom is 0.404 e. The van der Waals surface area contributed by atoms with Crippen LogP contribution >= 0.6 is 0 Å². The van der Waals surface area contributed by atoms with Gasteiger partial charge < -0.3 is 15.2 Å². The molecule has 1 amide bonds. The molecule has 28 heavy (non-hydrogen) atoms. The molecule has 2 N–H and O–H groups in total. The third-order valence-electron chi connectivity index (χ3n) is 5.09. The van der Waals surface area contributed by atoms with Crippen LogP contribution in [-0.4, -0.2) is 30.3 Å². The Balaban J connectivity index is 3.16. The lowest BCUT2D eigenvalue weighted by atomic mass is 10.0. The molecule has 5 heteroatoms. The van der Waals surface area contributed by atoms with E-state index in [2.05, 4.69) is 12.2 Å². The van der Waals surface area contributed by atoms with Crippen molar-refractivity contribution in [2.45, 2.75) is 122 Å². The summed E-state index contributed by atoms with van der Waals surface area (Å²) in [4.78, 5) is 21.9. The summed E-state index contributed by atoms with van der Waals surface area (Å²) in [5, 5.41) is 10.8. The van der Waals surface area contributed by atoms with Gasteiger partial charge in [0.2, 0.25) is 0 Å². The van der Waals surface area contributed by atoms with Crippen LogP contribution in [0.1, 0.15) is 122 Å². The third kappa shape index (κ3) is 22.8. The van der Waals surface area contributed by atoms with Crippen molar-refractivity contribution < 1.29 is 19.4 Å². The van der Waals surface area contributed by atoms with Gasteiger partial charge in [-0.2, -0.15) is 0 Å². The van der Waals surface area contributed by atoms with Gasteiger partial charge in [0.1, 0.15) is 0 Å². The van der Waals surface area contributed by atoms with Crippen LogP contribution in [-0.2, 0) is 9.53 Å². The molecule has 0 rings (SSSR count). The number of hydrogen-bond acceptors (Lipinski definition) is 3. The molecule has 0 aliphatic rings. The summed E-state index contributed by atoms with van der Waals surface area (Å²) in [5.74, 6) is -0.0735. The highest BCUT2D eigenvalue weighted by Gasteiger charge is 2.02. The first-order valence-electron chi connectivity index (χ1n) is 11.8. The number of carbonyl (C=O) groups is 2. The first-order chi connectivity index (χ1) is 13.7. The number of hydrogen-bond donors (Lipinski definition) is 2. The fraction of sp³-hybridized carbons (Fsp3) is 0.913. The Kier molecular flexibility index (Phi) is 21.0. The van der Waals surface area contributed by atoms with Crippen LogP contribution < -0.4 is 5.32 Å². The molecule has 0 radical (unpaired) electrons. The molecule has 0 atom stereocenters. The summed E-state index contributed by atoms with van der Waals surface area (Å²) in [6.45, 7) is 3.25. The number of carbonyl (C=O) groups excluding carboxylic acids is 1. The zero-order valence-electron chi connectivity index (χ0n) is 18.3. The van der Waals surface area contributed by atoms with Crippen molar-refractivity contribution in [3.05, 3.63) is 0 Å². The van der Waals surface area contributed by atoms with E-state index in [1.165, 1.54) is 70.6 Å². The average Bonchev–Trinajstić information content (AvgIpc) is 2.67. The highest BCUT2D eigenvalue weighted by atomic mass is 16.5. The maximum atomic E-state index is 11.7. The lowest BCUT2D eigenvalue weighted by Crippen LogP contribution is -2.21. The molecule has 0 aromatic carbocycles. The number of esters is 1. The molecule has 0 aromatic rings. The molecular weight excluding hydrogens is 354 g/mol. The summed E-state index contributed by atoms with van der Waals surface area (Å²) < 4.78 is 5.25. The normalized spacial score (nSPS) is 10.8. The number of rotatable bonds is 21. The Hall–Kier alpha value is -1.26. The molecule has 0 heterocycles. The van der Waals surface area contributed by atoms with Crippen molar-refractivity contribution in [1.29, 1.82) is 0 Å². The Labute approximate surface area is 173 Å². The number of ether oxygens (including phenoxy) is 1. The second-order valence-corrected chi connectivity index (χ2v) is 7.86. The average molecular weight is 400 g/mol. The van der Waals surface area contributed by atoms with E-state index in [4.69, 9.17) is 9.84 Å². The van der Waals surface area contributed by atoms with Crippen LogP contribution in [0.5, 0.6) is 0 Å². The highest BCUT2D eigenvalue weighted by molar-refractivity contribution is 5.69. The van der Waals surface area contributed by atoms with Gasteiger partial charge in [-0.1, -0.05) is 90.4 Å². The molecule has 0 unspecified atom stereocenters. The van der Waals surface area contributed by atoms with Gasteiger partial charge in [-0.15, -0.1) is 0 Å². The number of amides is 1. The smallest absolute Gasteiger partial charge is 0.404 e. The van der Waals surface area contributed by atoms with Gasteiger partial charge in [0.25, 0.3) is 0 Å². The topological polar surface area (TPSA) is 75.6 Å². The third-order valence-corrected chi connectivity index (χ3v) is 5.09. The number of unbranched alkanes of at least 4 members (excludes halogenated alkanes) is 15. The van der Waals surface area contributed by atoms with Crippen LogP contribution in [0.15, 0.2) is 0 Å². The van der Waals surface area contributed by atoms with Crippen LogP contribution in [0.25, 0.3) is 0 Å². The zero-order valence-corrected chi connectivity index (χ0v) is 18.3. The monoisotopic (exact) mass is 399 g/mol. The molecule has 166 valence electrons. The molecule has 0 aromatic heterocycles. The predicted molar refractivity (Wildman–Crippen MR) is 116 cm³/mol. The molecule has 0 bridgehead atoms. The zero-order chi connectivity index (χ0) is 20.7. The summed E-state index contributed by atoms with van der Waals surface area (Å²) in [5.41, 5.74) is 0. The van der Waals surface area contributed by atoms with E-state index in [0.717, 1.165) is 38.5 Å². The predicted octanol–water partition coefficient (Wildman–Crippen LogP) is 6.84. The summed E-state index contributed by atoms with van der Waals surface area (Å²) in [6.07, 6.45) is 20.2. The van der Waals surface area contributed by atoms with E-state index in [1.807, 2.05) is 0 Å². The molecule has 0 aliphatic carbocycles. The van der Waals surface area contributed by atoms with Crippen molar-refractivity contribution in [2.75, 3.05) is 13.2 Å². The van der Waals surface area contributed by atoms with Gasteiger partial charge in [0.15, 0.2) is 0 Å². The van der Waals surface area contributed by atoms with Crippen molar-refractivity contribution in [2.24, 2.45) is 0 Å². The lowest BCUT2D eigenvalue weighted by Gasteiger charge is -2.05. The number of nitrogens with one attached hydrogen (secondary N) is 1. The summed E-state index contributed by atoms with van der Waals surface area (Å²) in [7, 11) is 0. The minimum atomic E-state index is -0.970. The molecule has 0 aliphatic heterocycles. The second-order valence-electron chi connectivity index (χ2n) is 7.86. The fourth-order valence-electron chi connectivity index (χ4n) is 3.32. The summed E-state index contributed by atoms with van der Waals surface area (Å²) in [6, 6.07) is 0. The standard InChI is InChI=1S/C23H45NO4/c1-2-3-4-5-6-7-8-9-10-11-12-13-16-19-22(25)28-21-18-15-14-17-20-24-23(26)27/h24H,2-21H2,1H3,(H,26,27). The van der Waals surface area contributed by atoms with E-state index >= 15 is 0 Å². The Morgan fingerprint density at radius 3 is 1.68 bits per heavy atom. The molecule has 0 spiro atoms. The van der Waals surface area contributed by atoms with E-state index < -0.39 is 6.09 Å². The van der Waals surface area contributed by atoms with Gasteiger partial charge in [-0.05, 0) is 25.7 Å². The Morgan fingerprint density at radius 1 is 0.679 bits per heavy atom. The van der Waals surface area contributed by atoms with E-state index in [1.54, 1.807) is 0 Å². The first-order valence-corrected chi connectivity index (χ1v) is 11.8. The molecule has 5 nitrogen and oxygen atoms in total. The molecule has 0 saturated heterocycles. The van der Waals surface area contributed by atoms with Crippen molar-refractivity contribution >= 4 is 12.1 Å². The Bertz CT molecular complexity index is 361. The van der Waals surface area contributed by atoms with Crippen LogP contribution in [0.2, 0.25) is 0 Å². The minimum absolute atomic E-state index is 0.0735. The van der Waals surface area contributed by atoms with Crippen molar-refractivity contribution in [1.82, 2.24) is 5.32 Å². The van der Waals surface area contributed by atoms with E-state index in [0.29, 0.717) is 19.6 Å². The van der Waals surface area contributed by atoms with Crippen LogP contribution in [0.4, 0.5) is 4.79 Å². The molecular formula is C23H45NO4. The largest absolute Gasteiger partial charge is 0.466 e. The van der Waals surface area contributed by atoms with E-state index in [9.17, 15) is 9.59 Å². The van der Waals surface area contributed by atoms with Gasteiger partial charge in [-0.3, -0.25) is 4.79 Å². The SMILES string of the molecule is CCCCCCCCCCCCCCCC(=O)OCCCCCCNC(=O)O. The molecule has 0 fully saturated rings. The van der Waals surface area contributed by atoms with Gasteiger partial charge >= 0.3 is 12.1 Å².